The molecule has 0 aromatic heterocycles. The van der Waals surface area contributed by atoms with Crippen molar-refractivity contribution in [1.82, 2.24) is 9.80 Å². The van der Waals surface area contributed by atoms with Crippen LogP contribution in [-0.4, -0.2) is 61.6 Å². The second kappa shape index (κ2) is 8.26. The van der Waals surface area contributed by atoms with Crippen molar-refractivity contribution in [2.75, 3.05) is 39.1 Å². The van der Waals surface area contributed by atoms with Crippen LogP contribution in [0.15, 0.2) is 18.2 Å². The van der Waals surface area contributed by atoms with Crippen molar-refractivity contribution in [2.24, 2.45) is 0 Å². The van der Waals surface area contributed by atoms with Gasteiger partial charge < -0.3 is 15.0 Å². The molecule has 0 bridgehead atoms. The van der Waals surface area contributed by atoms with Crippen molar-refractivity contribution in [2.45, 2.75) is 32.9 Å². The Morgan fingerprint density at radius 3 is 2.58 bits per heavy atom. The minimum atomic E-state index is -0.507. The molecule has 1 aliphatic rings. The van der Waals surface area contributed by atoms with Gasteiger partial charge in [0.25, 0.3) is 11.8 Å². The largest absolute Gasteiger partial charge is 0.383 e. The summed E-state index contributed by atoms with van der Waals surface area (Å²) in [5, 5.41) is 3.27. The minimum absolute atomic E-state index is 0.269. The number of likely N-dealkylation sites (N-methyl/N-ethyl adjacent to an activating group) is 1. The molecular weight excluding hydrogens is 306 g/mol. The molecule has 1 aromatic carbocycles. The van der Waals surface area contributed by atoms with Crippen LogP contribution in [0.5, 0.6) is 0 Å². The fraction of sp³-hybridized carbons (Fsp3) is 0.556. The molecule has 2 amide bonds. The summed E-state index contributed by atoms with van der Waals surface area (Å²) in [5.41, 5.74) is 1.62. The summed E-state index contributed by atoms with van der Waals surface area (Å²) < 4.78 is 5.71. The average molecular weight is 333 g/mol. The third-order valence-corrected chi connectivity index (χ3v) is 3.97. The second-order valence-electron chi connectivity index (χ2n) is 6.17. The highest BCUT2D eigenvalue weighted by molar-refractivity contribution is 6.23. The maximum atomic E-state index is 12.9. The number of carbonyl (C=O) groups excluding carboxylic acids is 2. The predicted octanol–water partition coefficient (Wildman–Crippen LogP) is 2.42. The summed E-state index contributed by atoms with van der Waals surface area (Å²) in [5.74, 6) is -0.542. The van der Waals surface area contributed by atoms with Gasteiger partial charge in [0.1, 0.15) is 6.23 Å². The molecule has 1 atom stereocenters. The van der Waals surface area contributed by atoms with Gasteiger partial charge in [-0.15, -0.1) is 0 Å². The monoisotopic (exact) mass is 333 g/mol. The van der Waals surface area contributed by atoms with E-state index in [0.29, 0.717) is 36.4 Å². The van der Waals surface area contributed by atoms with Crippen LogP contribution in [0.25, 0.3) is 0 Å². The molecule has 0 spiro atoms. The van der Waals surface area contributed by atoms with E-state index in [4.69, 9.17) is 4.74 Å². The molecule has 0 saturated carbocycles. The molecule has 0 radical (unpaired) electrons. The summed E-state index contributed by atoms with van der Waals surface area (Å²) >= 11 is 0. The normalized spacial score (nSPS) is 15.1. The van der Waals surface area contributed by atoms with Crippen molar-refractivity contribution >= 4 is 17.5 Å². The van der Waals surface area contributed by atoms with Gasteiger partial charge in [0.15, 0.2) is 0 Å². The number of ether oxygens (including phenoxy) is 1. The van der Waals surface area contributed by atoms with E-state index in [1.165, 1.54) is 4.90 Å². The van der Waals surface area contributed by atoms with E-state index >= 15 is 0 Å². The Bertz CT molecular complexity index is 601. The number of rotatable bonds is 9. The maximum absolute atomic E-state index is 12.9. The minimum Gasteiger partial charge on any atom is -0.383 e. The standard InChI is InChI=1S/C18H27N3O3/c1-5-12-24-15(6-2)21-17(22)13-8-7-9-14(16(13)18(21)23)19-10-11-20(3)4/h7-9,15,19H,5-6,10-12H2,1-4H3. The molecular formula is C18H27N3O3. The molecule has 132 valence electrons. The molecule has 1 unspecified atom stereocenters. The fourth-order valence-electron chi connectivity index (χ4n) is 2.76. The van der Waals surface area contributed by atoms with E-state index in [1.54, 1.807) is 12.1 Å². The molecule has 0 aliphatic carbocycles. The van der Waals surface area contributed by atoms with Gasteiger partial charge in [0.05, 0.1) is 11.1 Å². The number of nitrogens with zero attached hydrogens (tertiary/aromatic N) is 2. The molecule has 2 rings (SSSR count). The van der Waals surface area contributed by atoms with Crippen LogP contribution in [-0.2, 0) is 4.74 Å². The zero-order valence-electron chi connectivity index (χ0n) is 15.0. The summed E-state index contributed by atoms with van der Waals surface area (Å²) in [4.78, 5) is 28.9. The first-order valence-corrected chi connectivity index (χ1v) is 8.52. The lowest BCUT2D eigenvalue weighted by Gasteiger charge is -2.25. The summed E-state index contributed by atoms with van der Waals surface area (Å²) in [6.07, 6.45) is 0.915. The SMILES string of the molecule is CCCOC(CC)N1C(=O)c2cccc(NCCN(C)C)c2C1=O. The van der Waals surface area contributed by atoms with E-state index in [0.717, 1.165) is 13.0 Å². The van der Waals surface area contributed by atoms with Crippen molar-refractivity contribution in [1.29, 1.82) is 0 Å². The molecule has 6 nitrogen and oxygen atoms in total. The van der Waals surface area contributed by atoms with Crippen LogP contribution in [0.2, 0.25) is 0 Å². The van der Waals surface area contributed by atoms with Crippen LogP contribution >= 0.6 is 0 Å². The first kappa shape index (κ1) is 18.4. The zero-order valence-corrected chi connectivity index (χ0v) is 15.0. The van der Waals surface area contributed by atoms with Gasteiger partial charge in [-0.3, -0.25) is 9.59 Å². The van der Waals surface area contributed by atoms with E-state index in [-0.39, 0.29) is 11.8 Å². The van der Waals surface area contributed by atoms with Gasteiger partial charge in [-0.1, -0.05) is 19.9 Å². The highest BCUT2D eigenvalue weighted by Crippen LogP contribution is 2.31. The highest BCUT2D eigenvalue weighted by Gasteiger charge is 2.41. The van der Waals surface area contributed by atoms with E-state index < -0.39 is 6.23 Å². The molecule has 1 heterocycles. The predicted molar refractivity (Wildman–Crippen MR) is 94.3 cm³/mol. The number of imide groups is 1. The Morgan fingerprint density at radius 1 is 1.21 bits per heavy atom. The van der Waals surface area contributed by atoms with Gasteiger partial charge in [-0.2, -0.15) is 0 Å². The van der Waals surface area contributed by atoms with Crippen LogP contribution in [0, 0.1) is 0 Å². The average Bonchev–Trinajstić information content (AvgIpc) is 2.81. The van der Waals surface area contributed by atoms with Crippen LogP contribution < -0.4 is 5.32 Å². The van der Waals surface area contributed by atoms with Crippen LogP contribution in [0.4, 0.5) is 5.69 Å². The van der Waals surface area contributed by atoms with Gasteiger partial charge >= 0.3 is 0 Å². The number of anilines is 1. The zero-order chi connectivity index (χ0) is 17.7. The number of amides is 2. The first-order valence-electron chi connectivity index (χ1n) is 8.52. The maximum Gasteiger partial charge on any atom is 0.265 e. The van der Waals surface area contributed by atoms with E-state index in [9.17, 15) is 9.59 Å². The van der Waals surface area contributed by atoms with Gasteiger partial charge in [0.2, 0.25) is 0 Å². The lowest BCUT2D eigenvalue weighted by atomic mass is 10.1. The van der Waals surface area contributed by atoms with Crippen molar-refractivity contribution in [3.05, 3.63) is 29.3 Å². The quantitative estimate of drug-likeness (QED) is 0.703. The highest BCUT2D eigenvalue weighted by atomic mass is 16.5. The lowest BCUT2D eigenvalue weighted by Crippen LogP contribution is -2.41. The number of hydrogen-bond donors (Lipinski definition) is 1. The van der Waals surface area contributed by atoms with Crippen molar-refractivity contribution in [3.8, 4) is 0 Å². The number of benzene rings is 1. The Morgan fingerprint density at radius 2 is 1.96 bits per heavy atom. The molecule has 6 heteroatoms. The molecule has 1 aromatic rings. The van der Waals surface area contributed by atoms with Crippen molar-refractivity contribution < 1.29 is 14.3 Å². The smallest absolute Gasteiger partial charge is 0.265 e. The fourth-order valence-corrected chi connectivity index (χ4v) is 2.76. The molecule has 1 N–H and O–H groups in total. The third kappa shape index (κ3) is 3.76. The van der Waals surface area contributed by atoms with Crippen LogP contribution in [0.1, 0.15) is 47.4 Å². The Hall–Kier alpha value is -1.92. The topological polar surface area (TPSA) is 61.9 Å². The summed E-state index contributed by atoms with van der Waals surface area (Å²) in [6, 6.07) is 5.36. The third-order valence-electron chi connectivity index (χ3n) is 3.97. The lowest BCUT2D eigenvalue weighted by molar-refractivity contribution is -0.0341. The molecule has 24 heavy (non-hydrogen) atoms. The second-order valence-corrected chi connectivity index (χ2v) is 6.17. The first-order chi connectivity index (χ1) is 11.5. The number of carbonyl (C=O) groups is 2. The van der Waals surface area contributed by atoms with E-state index in [1.807, 2.05) is 34.0 Å². The number of fused-ring (bicyclic) bond motifs is 1. The Kier molecular flexibility index (Phi) is 6.34. The van der Waals surface area contributed by atoms with Crippen LogP contribution in [0.3, 0.4) is 0 Å². The number of hydrogen-bond acceptors (Lipinski definition) is 5. The Balaban J connectivity index is 2.24. The van der Waals surface area contributed by atoms with Gasteiger partial charge in [-0.05, 0) is 39.1 Å². The van der Waals surface area contributed by atoms with Crippen molar-refractivity contribution in [3.63, 3.8) is 0 Å². The molecule has 0 fully saturated rings. The summed E-state index contributed by atoms with van der Waals surface area (Å²) in [7, 11) is 3.98. The molecule has 1 aliphatic heterocycles. The van der Waals surface area contributed by atoms with E-state index in [2.05, 4.69) is 10.2 Å². The Labute approximate surface area is 143 Å². The number of nitrogens with one attached hydrogen (secondary N) is 1. The van der Waals surface area contributed by atoms with Gasteiger partial charge in [0, 0.05) is 25.4 Å². The summed E-state index contributed by atoms with van der Waals surface area (Å²) in [6.45, 7) is 5.99. The van der Waals surface area contributed by atoms with Gasteiger partial charge in [-0.25, -0.2) is 4.90 Å². The molecule has 0 saturated heterocycles.